The van der Waals surface area contributed by atoms with Crippen LogP contribution in [0.2, 0.25) is 0 Å². The first kappa shape index (κ1) is 19.5. The summed E-state index contributed by atoms with van der Waals surface area (Å²) in [7, 11) is -5.94. The highest BCUT2D eigenvalue weighted by molar-refractivity contribution is 7.87. The van der Waals surface area contributed by atoms with Crippen molar-refractivity contribution in [1.82, 2.24) is 0 Å². The summed E-state index contributed by atoms with van der Waals surface area (Å²) in [4.78, 5) is 23.5. The highest BCUT2D eigenvalue weighted by Crippen LogP contribution is 2.60. The van der Waals surface area contributed by atoms with Gasteiger partial charge >= 0.3 is 27.3 Å². The predicted molar refractivity (Wildman–Crippen MR) is 80.1 cm³/mol. The van der Waals surface area contributed by atoms with Crippen LogP contribution in [0, 0.1) is 17.8 Å². The maximum Gasteiger partial charge on any atom is 0.465 e. The minimum atomic E-state index is -5.94. The zero-order valence-electron chi connectivity index (χ0n) is 14.5. The van der Waals surface area contributed by atoms with Crippen molar-refractivity contribution in [2.45, 2.75) is 61.2 Å². The Labute approximate surface area is 161 Å². The van der Waals surface area contributed by atoms with Gasteiger partial charge in [0.15, 0.2) is 12.1 Å². The molecule has 2 saturated carbocycles. The van der Waals surface area contributed by atoms with Gasteiger partial charge in [-0.1, -0.05) is 0 Å². The van der Waals surface area contributed by atoms with Crippen LogP contribution in [0.4, 0.5) is 8.78 Å². The third-order valence-corrected chi connectivity index (χ3v) is 7.14. The molecule has 3 aliphatic heterocycles. The second-order valence-corrected chi connectivity index (χ2v) is 9.37. The molecule has 11 nitrogen and oxygen atoms in total. The van der Waals surface area contributed by atoms with Gasteiger partial charge in [-0.05, 0) is 12.8 Å². The van der Waals surface area contributed by atoms with Crippen molar-refractivity contribution in [3.05, 3.63) is 0 Å². The van der Waals surface area contributed by atoms with Crippen LogP contribution in [0.15, 0.2) is 0 Å². The van der Waals surface area contributed by atoms with Crippen molar-refractivity contribution in [2.24, 2.45) is 17.8 Å². The molecule has 0 radical (unpaired) electrons. The second-order valence-electron chi connectivity index (χ2n) is 7.90. The number of halogens is 2. The van der Waals surface area contributed by atoms with Crippen LogP contribution in [0.3, 0.4) is 0 Å². The summed E-state index contributed by atoms with van der Waals surface area (Å²) in [5.41, 5.74) is 0. The number of hydrogen-bond acceptors (Lipinski definition) is 10. The van der Waals surface area contributed by atoms with E-state index in [2.05, 4.69) is 4.74 Å². The summed E-state index contributed by atoms with van der Waals surface area (Å²) in [6, 6.07) is 0. The van der Waals surface area contributed by atoms with Crippen LogP contribution in [-0.2, 0) is 43.4 Å². The number of aliphatic hydroxyl groups is 1. The van der Waals surface area contributed by atoms with Crippen molar-refractivity contribution in [3.63, 3.8) is 0 Å². The molecule has 9 unspecified atom stereocenters. The van der Waals surface area contributed by atoms with Gasteiger partial charge in [0.1, 0.15) is 24.2 Å². The van der Waals surface area contributed by atoms with Gasteiger partial charge in [-0.15, -0.1) is 0 Å². The van der Waals surface area contributed by atoms with Gasteiger partial charge in [0.25, 0.3) is 0 Å². The van der Waals surface area contributed by atoms with Gasteiger partial charge in [-0.3, -0.25) is 9.35 Å². The standard InChI is InChI=1S/C15H16F2O11S/c16-15(17,29(21,22)23)13(20)24-6-2-5-1-4(6)3-14(5)27-9-7-8(25-12(9)28-14)11(19)26-10(7)18/h4-9,11-12,19H,1-3H2,(H,21,22,23). The number of hydrogen-bond donors (Lipinski definition) is 2. The number of alkyl halides is 2. The zero-order chi connectivity index (χ0) is 20.9. The normalized spacial score (nSPS) is 48.1. The average molecular weight is 442 g/mol. The van der Waals surface area contributed by atoms with Crippen LogP contribution in [0.1, 0.15) is 19.3 Å². The number of ether oxygens (including phenoxy) is 5. The number of esters is 2. The van der Waals surface area contributed by atoms with Crippen LogP contribution in [0.5, 0.6) is 0 Å². The molecule has 5 rings (SSSR count). The fourth-order valence-electron chi connectivity index (χ4n) is 5.07. The molecule has 2 bridgehead atoms. The SMILES string of the molecule is O=C1OC(O)C2OC3OC4(CC5CC4CC5OC(=O)C(F)(F)S(=O)(=O)O)OC3C12. The molecule has 5 fully saturated rings. The van der Waals surface area contributed by atoms with Crippen LogP contribution in [0.25, 0.3) is 0 Å². The summed E-state index contributed by atoms with van der Waals surface area (Å²) in [5, 5.41) is 4.62. The zero-order valence-corrected chi connectivity index (χ0v) is 15.3. The smallest absolute Gasteiger partial charge is 0.457 e. The van der Waals surface area contributed by atoms with Gasteiger partial charge in [0.2, 0.25) is 6.29 Å². The Morgan fingerprint density at radius 1 is 1.24 bits per heavy atom. The number of carbonyl (C=O) groups is 2. The molecule has 2 N–H and O–H groups in total. The fraction of sp³-hybridized carbons (Fsp3) is 0.867. The summed E-state index contributed by atoms with van der Waals surface area (Å²) in [6.45, 7) is 0. The number of fused-ring (bicyclic) bond motifs is 6. The molecule has 5 aliphatic rings. The molecule has 0 aromatic rings. The van der Waals surface area contributed by atoms with Gasteiger partial charge in [0.05, 0.1) is 0 Å². The molecule has 3 saturated heterocycles. The van der Waals surface area contributed by atoms with E-state index in [4.69, 9.17) is 23.5 Å². The second kappa shape index (κ2) is 5.82. The minimum absolute atomic E-state index is 0.0680. The molecule has 1 spiro atoms. The molecule has 3 heterocycles. The topological polar surface area (TPSA) is 155 Å². The lowest BCUT2D eigenvalue weighted by atomic mass is 9.91. The third-order valence-electron chi connectivity index (χ3n) is 6.33. The molecule has 9 atom stereocenters. The first-order valence-corrected chi connectivity index (χ1v) is 10.3. The molecule has 0 aromatic carbocycles. The number of aliphatic hydroxyl groups excluding tert-OH is 1. The summed E-state index contributed by atoms with van der Waals surface area (Å²) < 4.78 is 83.5. The maximum absolute atomic E-state index is 13.4. The molecular weight excluding hydrogens is 426 g/mol. The van der Waals surface area contributed by atoms with Crippen molar-refractivity contribution in [3.8, 4) is 0 Å². The summed E-state index contributed by atoms with van der Waals surface area (Å²) in [5.74, 6) is -5.84. The van der Waals surface area contributed by atoms with Crippen molar-refractivity contribution < 1.29 is 60.1 Å². The van der Waals surface area contributed by atoms with Crippen molar-refractivity contribution in [1.29, 1.82) is 0 Å². The van der Waals surface area contributed by atoms with E-state index in [1.807, 2.05) is 0 Å². The molecule has 29 heavy (non-hydrogen) atoms. The average Bonchev–Trinajstić information content (AvgIpc) is 3.35. The van der Waals surface area contributed by atoms with Crippen LogP contribution in [-0.4, -0.2) is 71.9 Å². The van der Waals surface area contributed by atoms with E-state index < -0.39 is 75.8 Å². The largest absolute Gasteiger partial charge is 0.465 e. The molecule has 2 aliphatic carbocycles. The highest BCUT2D eigenvalue weighted by Gasteiger charge is 2.70. The fourth-order valence-corrected chi connectivity index (χ4v) is 5.32. The van der Waals surface area contributed by atoms with E-state index in [9.17, 15) is 31.9 Å². The van der Waals surface area contributed by atoms with Crippen LogP contribution < -0.4 is 0 Å². The number of carbonyl (C=O) groups excluding carboxylic acids is 2. The van der Waals surface area contributed by atoms with Crippen molar-refractivity contribution >= 4 is 22.1 Å². The van der Waals surface area contributed by atoms with E-state index in [0.717, 1.165) is 0 Å². The van der Waals surface area contributed by atoms with E-state index in [1.165, 1.54) is 0 Å². The van der Waals surface area contributed by atoms with Crippen molar-refractivity contribution in [2.75, 3.05) is 0 Å². The lowest BCUT2D eigenvalue weighted by Crippen LogP contribution is -2.46. The Balaban J connectivity index is 1.26. The van der Waals surface area contributed by atoms with Gasteiger partial charge in [-0.25, -0.2) is 4.79 Å². The molecular formula is C15H16F2O11S. The monoisotopic (exact) mass is 442 g/mol. The number of cyclic esters (lactones) is 1. The lowest BCUT2D eigenvalue weighted by Gasteiger charge is -2.36. The predicted octanol–water partition coefficient (Wildman–Crippen LogP) is -0.863. The number of rotatable bonds is 3. The van der Waals surface area contributed by atoms with Gasteiger partial charge in [-0.2, -0.15) is 17.2 Å². The van der Waals surface area contributed by atoms with E-state index >= 15 is 0 Å². The lowest BCUT2D eigenvalue weighted by molar-refractivity contribution is -0.264. The minimum Gasteiger partial charge on any atom is -0.457 e. The first-order valence-electron chi connectivity index (χ1n) is 8.88. The first-order chi connectivity index (χ1) is 13.4. The Morgan fingerprint density at radius 2 is 1.97 bits per heavy atom. The highest BCUT2D eigenvalue weighted by atomic mass is 32.2. The van der Waals surface area contributed by atoms with Gasteiger partial charge in [0, 0.05) is 18.3 Å². The Hall–Kier alpha value is -1.45. The Morgan fingerprint density at radius 3 is 2.59 bits per heavy atom. The van der Waals surface area contributed by atoms with E-state index in [-0.39, 0.29) is 18.8 Å². The van der Waals surface area contributed by atoms with Crippen LogP contribution >= 0.6 is 0 Å². The summed E-state index contributed by atoms with van der Waals surface area (Å²) in [6.07, 6.45) is -4.39. The third kappa shape index (κ3) is 2.59. The Kier molecular flexibility index (Phi) is 3.92. The Bertz CT molecular complexity index is 877. The molecule has 0 amide bonds. The van der Waals surface area contributed by atoms with E-state index in [1.54, 1.807) is 0 Å². The van der Waals surface area contributed by atoms with Gasteiger partial charge < -0.3 is 28.8 Å². The molecule has 0 aromatic heterocycles. The summed E-state index contributed by atoms with van der Waals surface area (Å²) >= 11 is 0. The molecule has 162 valence electrons. The maximum atomic E-state index is 13.4. The molecule has 14 heteroatoms. The quantitative estimate of drug-likeness (QED) is 0.414. The van der Waals surface area contributed by atoms with E-state index in [0.29, 0.717) is 6.42 Å².